The summed E-state index contributed by atoms with van der Waals surface area (Å²) in [6, 6.07) is 4.20. The maximum Gasteiger partial charge on any atom is 0.317 e. The van der Waals surface area contributed by atoms with Crippen LogP contribution in [0.4, 0.5) is 14.9 Å². The fourth-order valence-electron chi connectivity index (χ4n) is 3.84. The van der Waals surface area contributed by atoms with Crippen LogP contribution in [-0.4, -0.2) is 67.4 Å². The van der Waals surface area contributed by atoms with Crippen molar-refractivity contribution in [2.45, 2.75) is 70.8 Å². The van der Waals surface area contributed by atoms with Crippen molar-refractivity contribution in [2.75, 3.05) is 38.2 Å². The number of anilines is 1. The van der Waals surface area contributed by atoms with Gasteiger partial charge >= 0.3 is 6.03 Å². The lowest BCUT2D eigenvalue weighted by Gasteiger charge is -2.26. The quantitative estimate of drug-likeness (QED) is 0.249. The summed E-state index contributed by atoms with van der Waals surface area (Å²) in [4.78, 5) is 51.2. The highest BCUT2D eigenvalue weighted by molar-refractivity contribution is 6.42. The number of carbonyl (C=O) groups excluding carboxylic acids is 4. The van der Waals surface area contributed by atoms with Crippen LogP contribution in [-0.2, 0) is 19.1 Å². The van der Waals surface area contributed by atoms with E-state index in [4.69, 9.17) is 4.74 Å². The SMILES string of the molecule is CCCC[C@H](NC(=O)CCCCCCCNC(=O)N1CCOCC1)C(=O)C(=O)Nc1ccc(F)cc1. The number of benzene rings is 1. The minimum Gasteiger partial charge on any atom is -0.378 e. The maximum absolute atomic E-state index is 13.0. The second-order valence-corrected chi connectivity index (χ2v) is 8.94. The van der Waals surface area contributed by atoms with Gasteiger partial charge in [0.1, 0.15) is 5.82 Å². The van der Waals surface area contributed by atoms with Crippen molar-refractivity contribution < 1.29 is 28.3 Å². The molecule has 1 fully saturated rings. The van der Waals surface area contributed by atoms with Gasteiger partial charge in [0.05, 0.1) is 19.3 Å². The van der Waals surface area contributed by atoms with E-state index >= 15 is 0 Å². The van der Waals surface area contributed by atoms with Gasteiger partial charge in [-0.15, -0.1) is 0 Å². The standard InChI is InChI=1S/C26H39FN4O5/c1-2-3-9-22(24(33)25(34)29-21-13-11-20(27)12-14-21)30-23(32)10-7-5-4-6-8-15-28-26(35)31-16-18-36-19-17-31/h11-14,22H,2-10,15-19H2,1H3,(H,28,35)(H,29,34)(H,30,32)/t22-/m0/s1. The Hall–Kier alpha value is -3.01. The van der Waals surface area contributed by atoms with Crippen LogP contribution >= 0.6 is 0 Å². The number of rotatable bonds is 15. The highest BCUT2D eigenvalue weighted by atomic mass is 19.1. The number of unbranched alkanes of at least 4 members (excludes halogenated alkanes) is 5. The zero-order valence-corrected chi connectivity index (χ0v) is 21.2. The molecule has 0 spiro atoms. The van der Waals surface area contributed by atoms with Crippen LogP contribution in [0, 0.1) is 5.82 Å². The second kappa shape index (κ2) is 16.6. The van der Waals surface area contributed by atoms with Gasteiger partial charge in [0, 0.05) is 31.7 Å². The van der Waals surface area contributed by atoms with Gasteiger partial charge in [-0.2, -0.15) is 0 Å². The molecule has 0 bridgehead atoms. The van der Waals surface area contributed by atoms with Crippen LogP contribution in [0.3, 0.4) is 0 Å². The maximum atomic E-state index is 13.0. The molecule has 1 saturated heterocycles. The fraction of sp³-hybridized carbons (Fsp3) is 0.615. The van der Waals surface area contributed by atoms with E-state index in [9.17, 15) is 23.6 Å². The Kier molecular flexibility index (Phi) is 13.5. The molecule has 1 aliphatic rings. The molecular weight excluding hydrogens is 467 g/mol. The minimum atomic E-state index is -0.882. The number of morpholine rings is 1. The molecule has 1 aromatic carbocycles. The summed E-state index contributed by atoms with van der Waals surface area (Å²) in [6.45, 7) is 5.00. The molecule has 0 saturated carbocycles. The molecule has 10 heteroatoms. The molecule has 0 aliphatic carbocycles. The number of Topliss-reactive ketones (excluding diaryl/α,β-unsaturated/α-hetero) is 1. The summed E-state index contributed by atoms with van der Waals surface area (Å²) < 4.78 is 18.3. The first-order chi connectivity index (χ1) is 17.4. The average molecular weight is 507 g/mol. The molecule has 4 amide bonds. The highest BCUT2D eigenvalue weighted by Crippen LogP contribution is 2.11. The van der Waals surface area contributed by atoms with E-state index in [1.54, 1.807) is 4.90 Å². The van der Waals surface area contributed by atoms with Gasteiger partial charge in [-0.3, -0.25) is 14.4 Å². The number of ketones is 1. The summed E-state index contributed by atoms with van der Waals surface area (Å²) >= 11 is 0. The Morgan fingerprint density at radius 1 is 0.972 bits per heavy atom. The third kappa shape index (κ3) is 11.2. The van der Waals surface area contributed by atoms with Crippen LogP contribution in [0.15, 0.2) is 24.3 Å². The Morgan fingerprint density at radius 2 is 1.64 bits per heavy atom. The smallest absolute Gasteiger partial charge is 0.317 e. The first kappa shape index (κ1) is 29.2. The first-order valence-corrected chi connectivity index (χ1v) is 12.9. The van der Waals surface area contributed by atoms with E-state index in [1.165, 1.54) is 24.3 Å². The summed E-state index contributed by atoms with van der Waals surface area (Å²) in [7, 11) is 0. The Labute approximate surface area is 212 Å². The number of hydrogen-bond donors (Lipinski definition) is 3. The molecule has 1 heterocycles. The minimum absolute atomic E-state index is 0.0477. The lowest BCUT2D eigenvalue weighted by molar-refractivity contribution is -0.137. The van der Waals surface area contributed by atoms with Crippen molar-refractivity contribution in [3.8, 4) is 0 Å². The van der Waals surface area contributed by atoms with Crippen LogP contribution in [0.5, 0.6) is 0 Å². The van der Waals surface area contributed by atoms with Gasteiger partial charge in [0.2, 0.25) is 11.7 Å². The van der Waals surface area contributed by atoms with Crippen molar-refractivity contribution >= 4 is 29.3 Å². The molecule has 0 unspecified atom stereocenters. The Balaban J connectivity index is 1.62. The molecule has 3 N–H and O–H groups in total. The van der Waals surface area contributed by atoms with Crippen LogP contribution in [0.25, 0.3) is 0 Å². The first-order valence-electron chi connectivity index (χ1n) is 12.9. The zero-order valence-electron chi connectivity index (χ0n) is 21.2. The van der Waals surface area contributed by atoms with Crippen molar-refractivity contribution in [1.29, 1.82) is 0 Å². The number of nitrogens with one attached hydrogen (secondary N) is 3. The summed E-state index contributed by atoms with van der Waals surface area (Å²) in [5, 5.41) is 8.10. The van der Waals surface area contributed by atoms with Crippen molar-refractivity contribution in [3.05, 3.63) is 30.1 Å². The van der Waals surface area contributed by atoms with Gasteiger partial charge in [-0.05, 0) is 43.5 Å². The highest BCUT2D eigenvalue weighted by Gasteiger charge is 2.26. The van der Waals surface area contributed by atoms with Crippen LogP contribution in [0.2, 0.25) is 0 Å². The number of amides is 4. The van der Waals surface area contributed by atoms with Crippen molar-refractivity contribution in [1.82, 2.24) is 15.5 Å². The number of hydrogen-bond acceptors (Lipinski definition) is 5. The van der Waals surface area contributed by atoms with E-state index in [1.807, 2.05) is 6.92 Å². The third-order valence-corrected chi connectivity index (χ3v) is 5.98. The number of halogens is 1. The number of ether oxygens (including phenoxy) is 1. The van der Waals surface area contributed by atoms with Crippen molar-refractivity contribution in [3.63, 3.8) is 0 Å². The number of carbonyl (C=O) groups is 4. The monoisotopic (exact) mass is 506 g/mol. The normalized spacial score (nSPS) is 14.1. The Morgan fingerprint density at radius 3 is 2.33 bits per heavy atom. The predicted molar refractivity (Wildman–Crippen MR) is 135 cm³/mol. The molecule has 200 valence electrons. The molecule has 0 aromatic heterocycles. The molecule has 2 rings (SSSR count). The molecular formula is C26H39FN4O5. The van der Waals surface area contributed by atoms with E-state index < -0.39 is 23.5 Å². The van der Waals surface area contributed by atoms with Crippen LogP contribution in [0.1, 0.15) is 64.7 Å². The molecule has 0 radical (unpaired) electrons. The van der Waals surface area contributed by atoms with E-state index in [2.05, 4.69) is 16.0 Å². The topological polar surface area (TPSA) is 117 Å². The largest absolute Gasteiger partial charge is 0.378 e. The lowest BCUT2D eigenvalue weighted by atomic mass is 10.0. The lowest BCUT2D eigenvalue weighted by Crippen LogP contribution is -2.46. The van der Waals surface area contributed by atoms with Crippen molar-refractivity contribution in [2.24, 2.45) is 0 Å². The zero-order chi connectivity index (χ0) is 26.2. The van der Waals surface area contributed by atoms with Gasteiger partial charge in [-0.1, -0.05) is 39.0 Å². The van der Waals surface area contributed by atoms with E-state index in [-0.39, 0.29) is 18.4 Å². The van der Waals surface area contributed by atoms with Gasteiger partial charge in [0.15, 0.2) is 0 Å². The van der Waals surface area contributed by atoms with E-state index in [0.717, 1.165) is 32.1 Å². The molecule has 1 aliphatic heterocycles. The second-order valence-electron chi connectivity index (χ2n) is 8.94. The summed E-state index contributed by atoms with van der Waals surface area (Å²) in [6.07, 6.45) is 6.50. The van der Waals surface area contributed by atoms with E-state index in [0.29, 0.717) is 57.8 Å². The Bertz CT molecular complexity index is 843. The average Bonchev–Trinajstić information content (AvgIpc) is 2.89. The fourth-order valence-corrected chi connectivity index (χ4v) is 3.84. The summed E-state index contributed by atoms with van der Waals surface area (Å²) in [5.74, 6) is -2.23. The molecule has 1 aromatic rings. The number of urea groups is 1. The number of nitrogens with zero attached hydrogens (tertiary/aromatic N) is 1. The third-order valence-electron chi connectivity index (χ3n) is 5.98. The molecule has 9 nitrogen and oxygen atoms in total. The molecule has 1 atom stereocenters. The van der Waals surface area contributed by atoms with Gasteiger partial charge in [-0.25, -0.2) is 9.18 Å². The molecule has 36 heavy (non-hydrogen) atoms. The predicted octanol–water partition coefficient (Wildman–Crippen LogP) is 3.39. The summed E-state index contributed by atoms with van der Waals surface area (Å²) in [5.41, 5.74) is 0.316. The van der Waals surface area contributed by atoms with Crippen LogP contribution < -0.4 is 16.0 Å². The van der Waals surface area contributed by atoms with Gasteiger partial charge < -0.3 is 25.6 Å². The van der Waals surface area contributed by atoms with Gasteiger partial charge in [0.25, 0.3) is 5.91 Å².